The minimum Gasteiger partial charge on any atom is -0.317 e. The Morgan fingerprint density at radius 1 is 1.08 bits per heavy atom. The van der Waals surface area contributed by atoms with E-state index in [0.29, 0.717) is 5.92 Å². The molecule has 2 amide bonds. The molecular weight excluding hydrogens is 296 g/mol. The first-order valence-electron chi connectivity index (χ1n) is 8.75. The number of rotatable bonds is 2. The molecule has 0 bridgehead atoms. The number of nitrogens with one attached hydrogen (secondary N) is 1. The Kier molecular flexibility index (Phi) is 4.89. The topological polar surface area (TPSA) is 32.3 Å². The number of hydrogen-bond donors (Lipinski definition) is 1. The maximum absolute atomic E-state index is 12.9. The zero-order chi connectivity index (χ0) is 17.1. The van der Waals surface area contributed by atoms with Gasteiger partial charge in [-0.2, -0.15) is 0 Å². The number of nitrogens with zero attached hydrogens (tertiary/aromatic N) is 1. The molecule has 1 aliphatic heterocycles. The summed E-state index contributed by atoms with van der Waals surface area (Å²) in [5, 5.41) is 3.07. The van der Waals surface area contributed by atoms with E-state index < -0.39 is 0 Å². The number of anilines is 1. The van der Waals surface area contributed by atoms with Crippen LogP contribution >= 0.6 is 0 Å². The average molecular weight is 322 g/mol. The quantitative estimate of drug-likeness (QED) is 0.798. The van der Waals surface area contributed by atoms with Crippen LogP contribution < -0.4 is 5.32 Å². The number of carbonyl (C=O) groups is 1. The molecule has 3 nitrogen and oxygen atoms in total. The normalized spacial score (nSPS) is 20.7. The molecule has 0 aliphatic carbocycles. The summed E-state index contributed by atoms with van der Waals surface area (Å²) in [6, 6.07) is 16.7. The summed E-state index contributed by atoms with van der Waals surface area (Å²) < 4.78 is 0. The second-order valence-electron chi connectivity index (χ2n) is 6.97. The van der Waals surface area contributed by atoms with E-state index in [1.54, 1.807) is 0 Å². The van der Waals surface area contributed by atoms with Gasteiger partial charge in [0.2, 0.25) is 0 Å². The molecule has 2 atom stereocenters. The first-order valence-corrected chi connectivity index (χ1v) is 8.75. The number of amides is 2. The van der Waals surface area contributed by atoms with E-state index in [1.807, 2.05) is 36.1 Å². The van der Waals surface area contributed by atoms with Crippen molar-refractivity contribution in [2.24, 2.45) is 5.92 Å². The average Bonchev–Trinajstić information content (AvgIpc) is 2.55. The molecule has 1 fully saturated rings. The van der Waals surface area contributed by atoms with Gasteiger partial charge in [-0.1, -0.05) is 48.9 Å². The van der Waals surface area contributed by atoms with Crippen molar-refractivity contribution in [3.05, 3.63) is 65.2 Å². The number of piperidine rings is 1. The molecule has 126 valence electrons. The standard InChI is InChI=1S/C21H26N2O/c1-15-9-11-18(12-10-15)20-17(3)7-5-13-23(20)21(24)22-19-8-4-6-16(2)14-19/h4,6,8-12,14,17,20H,5,7,13H2,1-3H3,(H,22,24)/t17-,20+/m1/s1. The Morgan fingerprint density at radius 2 is 1.83 bits per heavy atom. The van der Waals surface area contributed by atoms with E-state index in [2.05, 4.69) is 43.4 Å². The second kappa shape index (κ2) is 7.08. The van der Waals surface area contributed by atoms with Gasteiger partial charge in [-0.25, -0.2) is 4.79 Å². The second-order valence-corrected chi connectivity index (χ2v) is 6.97. The number of likely N-dealkylation sites (tertiary alicyclic amines) is 1. The van der Waals surface area contributed by atoms with Crippen LogP contribution in [0, 0.1) is 19.8 Å². The molecule has 1 saturated heterocycles. The zero-order valence-electron chi connectivity index (χ0n) is 14.8. The number of aryl methyl sites for hydroxylation is 2. The number of carbonyl (C=O) groups excluding carboxylic acids is 1. The summed E-state index contributed by atoms with van der Waals surface area (Å²) in [5.41, 5.74) is 4.49. The van der Waals surface area contributed by atoms with Gasteiger partial charge in [-0.3, -0.25) is 0 Å². The lowest BCUT2D eigenvalue weighted by atomic mass is 9.86. The summed E-state index contributed by atoms with van der Waals surface area (Å²) in [6.45, 7) is 7.18. The van der Waals surface area contributed by atoms with Gasteiger partial charge in [0.15, 0.2) is 0 Å². The number of urea groups is 1. The van der Waals surface area contributed by atoms with Crippen molar-refractivity contribution < 1.29 is 4.79 Å². The van der Waals surface area contributed by atoms with Crippen LogP contribution in [0.25, 0.3) is 0 Å². The van der Waals surface area contributed by atoms with Gasteiger partial charge < -0.3 is 10.2 Å². The Bertz CT molecular complexity index is 708. The molecule has 3 rings (SSSR count). The third kappa shape index (κ3) is 3.61. The highest BCUT2D eigenvalue weighted by atomic mass is 16.2. The molecule has 0 aromatic heterocycles. The molecule has 0 saturated carbocycles. The van der Waals surface area contributed by atoms with Crippen LogP contribution in [0.1, 0.15) is 42.5 Å². The number of benzene rings is 2. The smallest absolute Gasteiger partial charge is 0.317 e. The van der Waals surface area contributed by atoms with Gasteiger partial charge >= 0.3 is 6.03 Å². The SMILES string of the molecule is Cc1ccc([C@@H]2[C@H](C)CCCN2C(=O)Nc2cccc(C)c2)cc1. The number of hydrogen-bond acceptors (Lipinski definition) is 1. The van der Waals surface area contributed by atoms with Crippen molar-refractivity contribution in [1.29, 1.82) is 0 Å². The molecule has 2 aromatic rings. The van der Waals surface area contributed by atoms with Gasteiger partial charge in [-0.05, 0) is 55.9 Å². The molecule has 24 heavy (non-hydrogen) atoms. The third-order valence-corrected chi connectivity index (χ3v) is 4.88. The molecular formula is C21H26N2O. The molecule has 1 aliphatic rings. The van der Waals surface area contributed by atoms with Crippen LogP contribution in [0.3, 0.4) is 0 Å². The minimum atomic E-state index is -0.00211. The van der Waals surface area contributed by atoms with Gasteiger partial charge in [0.05, 0.1) is 6.04 Å². The highest BCUT2D eigenvalue weighted by Gasteiger charge is 2.33. The Hall–Kier alpha value is -2.29. The highest BCUT2D eigenvalue weighted by Crippen LogP contribution is 2.36. The molecule has 0 unspecified atom stereocenters. The van der Waals surface area contributed by atoms with Crippen molar-refractivity contribution in [2.45, 2.75) is 39.7 Å². The van der Waals surface area contributed by atoms with Crippen LogP contribution in [0.5, 0.6) is 0 Å². The van der Waals surface area contributed by atoms with Gasteiger partial charge in [0, 0.05) is 12.2 Å². The maximum Gasteiger partial charge on any atom is 0.322 e. The summed E-state index contributed by atoms with van der Waals surface area (Å²) in [7, 11) is 0. The van der Waals surface area contributed by atoms with E-state index in [9.17, 15) is 4.79 Å². The summed E-state index contributed by atoms with van der Waals surface area (Å²) in [4.78, 5) is 14.9. The van der Waals surface area contributed by atoms with Gasteiger partial charge in [0.25, 0.3) is 0 Å². The van der Waals surface area contributed by atoms with E-state index in [-0.39, 0.29) is 12.1 Å². The summed E-state index contributed by atoms with van der Waals surface area (Å²) in [5.74, 6) is 0.463. The fourth-order valence-corrected chi connectivity index (χ4v) is 3.61. The predicted octanol–water partition coefficient (Wildman–Crippen LogP) is 5.31. The van der Waals surface area contributed by atoms with Crippen molar-refractivity contribution in [2.75, 3.05) is 11.9 Å². The van der Waals surface area contributed by atoms with Crippen LogP contribution in [0.4, 0.5) is 10.5 Å². The van der Waals surface area contributed by atoms with Gasteiger partial charge in [0.1, 0.15) is 0 Å². The van der Waals surface area contributed by atoms with Crippen molar-refractivity contribution >= 4 is 11.7 Å². The predicted molar refractivity (Wildman–Crippen MR) is 99.2 cm³/mol. The third-order valence-electron chi connectivity index (χ3n) is 4.88. The van der Waals surface area contributed by atoms with E-state index in [1.165, 1.54) is 11.1 Å². The van der Waals surface area contributed by atoms with Crippen molar-refractivity contribution in [3.63, 3.8) is 0 Å². The molecule has 1 heterocycles. The van der Waals surface area contributed by atoms with E-state index in [0.717, 1.165) is 30.6 Å². The van der Waals surface area contributed by atoms with E-state index in [4.69, 9.17) is 0 Å². The fraction of sp³-hybridized carbons (Fsp3) is 0.381. The zero-order valence-corrected chi connectivity index (χ0v) is 14.8. The van der Waals surface area contributed by atoms with Crippen LogP contribution in [-0.2, 0) is 0 Å². The van der Waals surface area contributed by atoms with Gasteiger partial charge in [-0.15, -0.1) is 0 Å². The van der Waals surface area contributed by atoms with Crippen molar-refractivity contribution in [1.82, 2.24) is 4.90 Å². The van der Waals surface area contributed by atoms with Crippen molar-refractivity contribution in [3.8, 4) is 0 Å². The largest absolute Gasteiger partial charge is 0.322 e. The first-order chi connectivity index (χ1) is 11.5. The van der Waals surface area contributed by atoms with E-state index >= 15 is 0 Å². The monoisotopic (exact) mass is 322 g/mol. The van der Waals surface area contributed by atoms with Crippen LogP contribution in [0.2, 0.25) is 0 Å². The first kappa shape index (κ1) is 16.6. The van der Waals surface area contributed by atoms with Crippen LogP contribution in [-0.4, -0.2) is 17.5 Å². The summed E-state index contributed by atoms with van der Waals surface area (Å²) >= 11 is 0. The fourth-order valence-electron chi connectivity index (χ4n) is 3.61. The lowest BCUT2D eigenvalue weighted by Gasteiger charge is -2.40. The molecule has 2 aromatic carbocycles. The molecule has 3 heteroatoms. The Balaban J connectivity index is 1.83. The maximum atomic E-state index is 12.9. The highest BCUT2D eigenvalue weighted by molar-refractivity contribution is 5.89. The lowest BCUT2D eigenvalue weighted by Crippen LogP contribution is -2.44. The Labute approximate surface area is 144 Å². The summed E-state index contributed by atoms with van der Waals surface area (Å²) in [6.07, 6.45) is 2.22. The molecule has 1 N–H and O–H groups in total. The minimum absolute atomic E-state index is 0.00211. The Morgan fingerprint density at radius 3 is 2.54 bits per heavy atom. The molecule has 0 spiro atoms. The lowest BCUT2D eigenvalue weighted by molar-refractivity contribution is 0.129. The van der Waals surface area contributed by atoms with Crippen LogP contribution in [0.15, 0.2) is 48.5 Å². The molecule has 0 radical (unpaired) electrons.